The number of nitrogens with zero attached hydrogens (tertiary/aromatic N) is 6. The number of anilines is 2. The fourth-order valence-electron chi connectivity index (χ4n) is 3.35. The Bertz CT molecular complexity index is 1000. The Hall–Kier alpha value is -3.42. The minimum Gasteiger partial charge on any atom is -0.357 e. The van der Waals surface area contributed by atoms with Crippen LogP contribution in [0.4, 0.5) is 11.8 Å². The summed E-state index contributed by atoms with van der Waals surface area (Å²) in [5.74, 6) is 1.96. The molecule has 1 amide bonds. The lowest BCUT2D eigenvalue weighted by atomic mass is 9.99. The first-order valence-electron chi connectivity index (χ1n) is 9.74. The molecule has 0 aromatic carbocycles. The lowest BCUT2D eigenvalue weighted by Crippen LogP contribution is -2.33. The van der Waals surface area contributed by atoms with Crippen LogP contribution >= 0.6 is 0 Å². The van der Waals surface area contributed by atoms with Gasteiger partial charge in [0.1, 0.15) is 17.8 Å². The predicted molar refractivity (Wildman–Crippen MR) is 111 cm³/mol. The smallest absolute Gasteiger partial charge is 0.259 e. The molecule has 4 rings (SSSR count). The summed E-state index contributed by atoms with van der Waals surface area (Å²) in [6.07, 6.45) is 5.36. The van der Waals surface area contributed by atoms with Gasteiger partial charge < -0.3 is 4.90 Å². The molecule has 1 fully saturated rings. The number of piperidine rings is 1. The highest BCUT2D eigenvalue weighted by Crippen LogP contribution is 2.23. The highest BCUT2D eigenvalue weighted by Gasteiger charge is 2.19. The summed E-state index contributed by atoms with van der Waals surface area (Å²) < 4.78 is 0. The number of nitrogens with one attached hydrogen (secondary N) is 1. The molecule has 0 unspecified atom stereocenters. The van der Waals surface area contributed by atoms with Gasteiger partial charge in [-0.2, -0.15) is 4.98 Å². The molecule has 1 N–H and O–H groups in total. The van der Waals surface area contributed by atoms with Gasteiger partial charge in [-0.25, -0.2) is 15.0 Å². The lowest BCUT2D eigenvalue weighted by molar-refractivity contribution is 0.102. The van der Waals surface area contributed by atoms with Crippen molar-refractivity contribution in [1.82, 2.24) is 24.9 Å². The van der Waals surface area contributed by atoms with E-state index in [1.54, 1.807) is 12.3 Å². The van der Waals surface area contributed by atoms with Crippen molar-refractivity contribution in [3.8, 4) is 11.5 Å². The molecule has 1 aliphatic rings. The van der Waals surface area contributed by atoms with E-state index in [2.05, 4.69) is 42.1 Å². The van der Waals surface area contributed by atoms with Crippen molar-refractivity contribution in [1.29, 1.82) is 0 Å². The van der Waals surface area contributed by atoms with Crippen molar-refractivity contribution in [2.45, 2.75) is 26.7 Å². The second-order valence-electron chi connectivity index (χ2n) is 7.27. The maximum atomic E-state index is 12.7. The molecule has 0 radical (unpaired) electrons. The van der Waals surface area contributed by atoms with Crippen LogP contribution in [-0.2, 0) is 0 Å². The van der Waals surface area contributed by atoms with E-state index in [1.807, 2.05) is 31.2 Å². The molecule has 8 heteroatoms. The van der Waals surface area contributed by atoms with E-state index < -0.39 is 0 Å². The van der Waals surface area contributed by atoms with Gasteiger partial charge >= 0.3 is 0 Å². The Morgan fingerprint density at radius 3 is 2.62 bits per heavy atom. The Morgan fingerprint density at radius 1 is 1.07 bits per heavy atom. The van der Waals surface area contributed by atoms with Gasteiger partial charge in [0.2, 0.25) is 5.95 Å². The summed E-state index contributed by atoms with van der Waals surface area (Å²) in [4.78, 5) is 36.3. The number of rotatable bonds is 4. The standard InChI is InChI=1S/C21H23N7O/c1-14-8-11-28(12-9-14)18-7-6-16(15(2)25-18)20(29)27-21-24-13-23-19(26-21)17-5-3-4-10-22-17/h3-7,10,13-14H,8-9,11-12H2,1-2H3,(H,23,24,26,27,29). The van der Waals surface area contributed by atoms with E-state index >= 15 is 0 Å². The van der Waals surface area contributed by atoms with Crippen LogP contribution in [0.5, 0.6) is 0 Å². The quantitative estimate of drug-likeness (QED) is 0.732. The van der Waals surface area contributed by atoms with Crippen molar-refractivity contribution in [2.75, 3.05) is 23.3 Å². The third-order valence-electron chi connectivity index (χ3n) is 5.11. The summed E-state index contributed by atoms with van der Waals surface area (Å²) in [7, 11) is 0. The van der Waals surface area contributed by atoms with Crippen LogP contribution in [0, 0.1) is 12.8 Å². The van der Waals surface area contributed by atoms with Crippen LogP contribution < -0.4 is 10.2 Å². The lowest BCUT2D eigenvalue weighted by Gasteiger charge is -2.31. The normalized spacial score (nSPS) is 14.6. The fourth-order valence-corrected chi connectivity index (χ4v) is 3.35. The number of carbonyl (C=O) groups is 1. The van der Waals surface area contributed by atoms with E-state index in [0.29, 0.717) is 22.8 Å². The van der Waals surface area contributed by atoms with Crippen LogP contribution in [-0.4, -0.2) is 43.9 Å². The molecule has 1 saturated heterocycles. The largest absolute Gasteiger partial charge is 0.357 e. The van der Waals surface area contributed by atoms with Crippen molar-refractivity contribution >= 4 is 17.7 Å². The Kier molecular flexibility index (Phi) is 5.41. The number of hydrogen-bond donors (Lipinski definition) is 1. The number of hydrogen-bond acceptors (Lipinski definition) is 7. The number of aromatic nitrogens is 5. The molecule has 0 spiro atoms. The molecule has 3 aromatic heterocycles. The fraction of sp³-hybridized carbons (Fsp3) is 0.333. The Morgan fingerprint density at radius 2 is 1.90 bits per heavy atom. The van der Waals surface area contributed by atoms with Gasteiger partial charge in [0.25, 0.3) is 5.91 Å². The SMILES string of the molecule is Cc1nc(N2CCC(C)CC2)ccc1C(=O)Nc1ncnc(-c2ccccn2)n1. The van der Waals surface area contributed by atoms with E-state index in [9.17, 15) is 4.79 Å². The Labute approximate surface area is 169 Å². The molecule has 0 atom stereocenters. The van der Waals surface area contributed by atoms with E-state index in [0.717, 1.165) is 24.8 Å². The maximum Gasteiger partial charge on any atom is 0.259 e. The van der Waals surface area contributed by atoms with Crippen LogP contribution in [0.2, 0.25) is 0 Å². The Balaban J connectivity index is 1.49. The summed E-state index contributed by atoms with van der Waals surface area (Å²) >= 11 is 0. The van der Waals surface area contributed by atoms with E-state index in [4.69, 9.17) is 0 Å². The average molecular weight is 389 g/mol. The second-order valence-corrected chi connectivity index (χ2v) is 7.27. The number of amides is 1. The molecule has 8 nitrogen and oxygen atoms in total. The predicted octanol–water partition coefficient (Wildman–Crippen LogP) is 3.13. The third kappa shape index (κ3) is 4.37. The van der Waals surface area contributed by atoms with Crippen LogP contribution in [0.3, 0.4) is 0 Å². The molecule has 0 bridgehead atoms. The van der Waals surface area contributed by atoms with Gasteiger partial charge in [-0.05, 0) is 49.9 Å². The minimum absolute atomic E-state index is 0.180. The van der Waals surface area contributed by atoms with Gasteiger partial charge in [0, 0.05) is 19.3 Å². The molecule has 4 heterocycles. The maximum absolute atomic E-state index is 12.7. The average Bonchev–Trinajstić information content (AvgIpc) is 2.75. The van der Waals surface area contributed by atoms with Crippen LogP contribution in [0.25, 0.3) is 11.5 Å². The molecule has 3 aromatic rings. The van der Waals surface area contributed by atoms with E-state index in [1.165, 1.54) is 19.2 Å². The zero-order chi connectivity index (χ0) is 20.2. The monoisotopic (exact) mass is 389 g/mol. The van der Waals surface area contributed by atoms with Crippen LogP contribution in [0.15, 0.2) is 42.9 Å². The number of aryl methyl sites for hydroxylation is 1. The molecular formula is C21H23N7O. The van der Waals surface area contributed by atoms with E-state index in [-0.39, 0.29) is 11.9 Å². The molecule has 0 saturated carbocycles. The zero-order valence-electron chi connectivity index (χ0n) is 16.5. The molecule has 29 heavy (non-hydrogen) atoms. The summed E-state index contributed by atoms with van der Waals surface area (Å²) in [5, 5.41) is 2.73. The molecular weight excluding hydrogens is 366 g/mol. The second kappa shape index (κ2) is 8.30. The van der Waals surface area contributed by atoms with Gasteiger partial charge in [-0.15, -0.1) is 0 Å². The van der Waals surface area contributed by atoms with Crippen molar-refractivity contribution < 1.29 is 4.79 Å². The molecule has 0 aliphatic carbocycles. The van der Waals surface area contributed by atoms with Gasteiger partial charge in [-0.3, -0.25) is 15.1 Å². The first-order valence-corrected chi connectivity index (χ1v) is 9.74. The number of carbonyl (C=O) groups excluding carboxylic acids is 1. The first-order chi connectivity index (χ1) is 14.1. The topological polar surface area (TPSA) is 96.8 Å². The summed E-state index contributed by atoms with van der Waals surface area (Å²) in [6, 6.07) is 9.19. The van der Waals surface area contributed by atoms with Gasteiger partial charge in [0.05, 0.1) is 11.3 Å². The number of pyridine rings is 2. The van der Waals surface area contributed by atoms with Crippen molar-refractivity contribution in [3.63, 3.8) is 0 Å². The summed E-state index contributed by atoms with van der Waals surface area (Å²) in [6.45, 7) is 6.13. The molecule has 1 aliphatic heterocycles. The van der Waals surface area contributed by atoms with Gasteiger partial charge in [0.15, 0.2) is 5.82 Å². The third-order valence-corrected chi connectivity index (χ3v) is 5.11. The molecule has 148 valence electrons. The summed E-state index contributed by atoms with van der Waals surface area (Å²) in [5.41, 5.74) is 1.79. The van der Waals surface area contributed by atoms with Crippen molar-refractivity contribution in [3.05, 3.63) is 54.1 Å². The van der Waals surface area contributed by atoms with Crippen molar-refractivity contribution in [2.24, 2.45) is 5.92 Å². The first kappa shape index (κ1) is 18.9. The van der Waals surface area contributed by atoms with Crippen LogP contribution in [0.1, 0.15) is 35.8 Å². The highest BCUT2D eigenvalue weighted by atomic mass is 16.1. The minimum atomic E-state index is -0.299. The zero-order valence-corrected chi connectivity index (χ0v) is 16.5. The van der Waals surface area contributed by atoms with Gasteiger partial charge in [-0.1, -0.05) is 13.0 Å². The highest BCUT2D eigenvalue weighted by molar-refractivity contribution is 6.04.